The van der Waals surface area contributed by atoms with Crippen molar-refractivity contribution < 1.29 is 14.4 Å². The summed E-state index contributed by atoms with van der Waals surface area (Å²) in [7, 11) is 0. The highest BCUT2D eigenvalue weighted by Gasteiger charge is 2.11. The smallest absolute Gasteiger partial charge is 0.216 e. The number of Topliss-reactive ketones (excluding diaryl/α,β-unsaturated/α-hetero) is 1. The van der Waals surface area contributed by atoms with Gasteiger partial charge in [0, 0.05) is 23.7 Å². The predicted molar refractivity (Wildman–Crippen MR) is 103 cm³/mol. The number of amides is 1. The number of rotatable bonds is 8. The standard InChI is InChI=1S/C18H20BrNO3S/c1-13(5-3-6-15-7-4-8-16(19)11-15)17(22)12-18(23)24-10-9-20-14(2)21/h3-8,11H,9-10,12H2,1-2H3,(H,20,21)/b6-3+,13-5+. The van der Waals surface area contributed by atoms with Crippen LogP contribution < -0.4 is 5.32 Å². The Labute approximate surface area is 154 Å². The van der Waals surface area contributed by atoms with E-state index in [2.05, 4.69) is 21.2 Å². The first kappa shape index (κ1) is 20.4. The molecule has 1 aromatic carbocycles. The average Bonchev–Trinajstić information content (AvgIpc) is 2.51. The van der Waals surface area contributed by atoms with Crippen LogP contribution in [0.25, 0.3) is 6.08 Å². The minimum atomic E-state index is -0.189. The summed E-state index contributed by atoms with van der Waals surface area (Å²) in [6.45, 7) is 3.54. The second-order valence-electron chi connectivity index (χ2n) is 5.07. The fourth-order valence-corrected chi connectivity index (χ4v) is 2.80. The molecule has 1 N–H and O–H groups in total. The molecule has 0 aromatic heterocycles. The molecule has 0 aliphatic carbocycles. The second kappa shape index (κ2) is 11.0. The monoisotopic (exact) mass is 409 g/mol. The summed E-state index contributed by atoms with van der Waals surface area (Å²) >= 11 is 4.46. The Hall–Kier alpha value is -1.66. The molecule has 0 aliphatic rings. The summed E-state index contributed by atoms with van der Waals surface area (Å²) in [6.07, 6.45) is 5.27. The first-order valence-corrected chi connectivity index (χ1v) is 9.20. The molecule has 4 nitrogen and oxygen atoms in total. The van der Waals surface area contributed by atoms with Crippen LogP contribution in [-0.4, -0.2) is 29.1 Å². The van der Waals surface area contributed by atoms with Gasteiger partial charge in [0.15, 0.2) is 10.9 Å². The number of carbonyl (C=O) groups excluding carboxylic acids is 3. The minimum absolute atomic E-state index is 0.127. The minimum Gasteiger partial charge on any atom is -0.356 e. The third-order valence-corrected chi connectivity index (χ3v) is 4.34. The van der Waals surface area contributed by atoms with Gasteiger partial charge in [0.1, 0.15) is 0 Å². The summed E-state index contributed by atoms with van der Waals surface area (Å²) in [5.74, 6) is 0.151. The molecule has 128 valence electrons. The topological polar surface area (TPSA) is 63.2 Å². The fraction of sp³-hybridized carbons (Fsp3) is 0.278. The van der Waals surface area contributed by atoms with Gasteiger partial charge in [-0.3, -0.25) is 14.4 Å². The van der Waals surface area contributed by atoms with Gasteiger partial charge in [-0.15, -0.1) is 0 Å². The van der Waals surface area contributed by atoms with Crippen LogP contribution in [0.5, 0.6) is 0 Å². The molecule has 0 bridgehead atoms. The maximum atomic E-state index is 12.0. The molecule has 0 spiro atoms. The first-order chi connectivity index (χ1) is 11.4. The van der Waals surface area contributed by atoms with E-state index in [0.717, 1.165) is 21.8 Å². The highest BCUT2D eigenvalue weighted by Crippen LogP contribution is 2.13. The summed E-state index contributed by atoms with van der Waals surface area (Å²) in [6, 6.07) is 7.80. The Morgan fingerprint density at radius 3 is 2.67 bits per heavy atom. The largest absolute Gasteiger partial charge is 0.356 e. The summed E-state index contributed by atoms with van der Waals surface area (Å²) in [4.78, 5) is 34.4. The van der Waals surface area contributed by atoms with E-state index < -0.39 is 0 Å². The Kier molecular flexibility index (Phi) is 9.34. The molecule has 0 saturated carbocycles. The number of allylic oxidation sites excluding steroid dienone is 3. The van der Waals surface area contributed by atoms with E-state index in [9.17, 15) is 14.4 Å². The lowest BCUT2D eigenvalue weighted by atomic mass is 10.1. The molecule has 0 radical (unpaired) electrons. The zero-order valence-corrected chi connectivity index (χ0v) is 16.1. The highest BCUT2D eigenvalue weighted by atomic mass is 79.9. The lowest BCUT2D eigenvalue weighted by Gasteiger charge is -2.02. The lowest BCUT2D eigenvalue weighted by molar-refractivity contribution is -0.121. The van der Waals surface area contributed by atoms with Gasteiger partial charge in [-0.25, -0.2) is 0 Å². The van der Waals surface area contributed by atoms with Crippen LogP contribution in [-0.2, 0) is 14.4 Å². The van der Waals surface area contributed by atoms with E-state index in [1.165, 1.54) is 6.92 Å². The molecule has 1 rings (SSSR count). The molecule has 1 aromatic rings. The molecule has 0 atom stereocenters. The van der Waals surface area contributed by atoms with Crippen LogP contribution in [0, 0.1) is 0 Å². The molecule has 0 unspecified atom stereocenters. The van der Waals surface area contributed by atoms with Crippen LogP contribution >= 0.6 is 27.7 Å². The number of benzene rings is 1. The lowest BCUT2D eigenvalue weighted by Crippen LogP contribution is -2.23. The van der Waals surface area contributed by atoms with Crippen molar-refractivity contribution >= 4 is 50.6 Å². The molecule has 6 heteroatoms. The van der Waals surface area contributed by atoms with Crippen molar-refractivity contribution in [2.24, 2.45) is 0 Å². The number of nitrogens with one attached hydrogen (secondary N) is 1. The number of thioether (sulfide) groups is 1. The average molecular weight is 410 g/mol. The molecule has 0 fully saturated rings. The predicted octanol–water partition coefficient (Wildman–Crippen LogP) is 3.76. The highest BCUT2D eigenvalue weighted by molar-refractivity contribution is 9.10. The van der Waals surface area contributed by atoms with Gasteiger partial charge >= 0.3 is 0 Å². The van der Waals surface area contributed by atoms with E-state index in [4.69, 9.17) is 0 Å². The van der Waals surface area contributed by atoms with Crippen molar-refractivity contribution in [3.05, 3.63) is 52.0 Å². The van der Waals surface area contributed by atoms with Crippen LogP contribution in [0.4, 0.5) is 0 Å². The molecular formula is C18H20BrNO3S. The van der Waals surface area contributed by atoms with Crippen LogP contribution in [0.3, 0.4) is 0 Å². The third kappa shape index (κ3) is 8.84. The fourth-order valence-electron chi connectivity index (χ4n) is 1.72. The van der Waals surface area contributed by atoms with Gasteiger partial charge in [0.05, 0.1) is 6.42 Å². The normalized spacial score (nSPS) is 11.5. The van der Waals surface area contributed by atoms with E-state index in [1.807, 2.05) is 30.3 Å². The van der Waals surface area contributed by atoms with Gasteiger partial charge < -0.3 is 5.32 Å². The molecule has 24 heavy (non-hydrogen) atoms. The molecule has 0 saturated heterocycles. The van der Waals surface area contributed by atoms with Crippen LogP contribution in [0.15, 0.2) is 46.5 Å². The van der Waals surface area contributed by atoms with Crippen molar-refractivity contribution in [1.82, 2.24) is 5.32 Å². The van der Waals surface area contributed by atoms with Crippen molar-refractivity contribution in [3.63, 3.8) is 0 Å². The van der Waals surface area contributed by atoms with Gasteiger partial charge in [-0.05, 0) is 30.2 Å². The Morgan fingerprint density at radius 2 is 2.00 bits per heavy atom. The zero-order chi connectivity index (χ0) is 17.9. The maximum absolute atomic E-state index is 12.0. The SMILES string of the molecule is CC(=O)NCCSC(=O)CC(=O)/C(C)=C/C=C/c1cccc(Br)c1. The first-order valence-electron chi connectivity index (χ1n) is 7.42. The quantitative estimate of drug-likeness (QED) is 0.307. The van der Waals surface area contributed by atoms with Gasteiger partial charge in [-0.2, -0.15) is 0 Å². The third-order valence-electron chi connectivity index (χ3n) is 2.97. The molecule has 0 aliphatic heterocycles. The van der Waals surface area contributed by atoms with Crippen molar-refractivity contribution in [2.75, 3.05) is 12.3 Å². The van der Waals surface area contributed by atoms with Crippen molar-refractivity contribution in [1.29, 1.82) is 0 Å². The Bertz CT molecular complexity index is 668. The second-order valence-corrected chi connectivity index (χ2v) is 7.14. The number of ketones is 1. The number of hydrogen-bond acceptors (Lipinski definition) is 4. The summed E-state index contributed by atoms with van der Waals surface area (Å²) in [5, 5.41) is 2.42. The molecule has 1 amide bonds. The summed E-state index contributed by atoms with van der Waals surface area (Å²) in [5.41, 5.74) is 1.56. The van der Waals surface area contributed by atoms with E-state index >= 15 is 0 Å². The van der Waals surface area contributed by atoms with E-state index in [0.29, 0.717) is 17.9 Å². The van der Waals surface area contributed by atoms with Gasteiger partial charge in [0.2, 0.25) is 5.91 Å². The molecule has 0 heterocycles. The number of halogens is 1. The van der Waals surface area contributed by atoms with Gasteiger partial charge in [-0.1, -0.05) is 58.1 Å². The Balaban J connectivity index is 2.43. The van der Waals surface area contributed by atoms with Gasteiger partial charge in [0.25, 0.3) is 0 Å². The van der Waals surface area contributed by atoms with Crippen LogP contribution in [0.2, 0.25) is 0 Å². The van der Waals surface area contributed by atoms with Crippen molar-refractivity contribution in [2.45, 2.75) is 20.3 Å². The zero-order valence-electron chi connectivity index (χ0n) is 13.7. The summed E-state index contributed by atoms with van der Waals surface area (Å²) < 4.78 is 0.989. The van der Waals surface area contributed by atoms with Crippen LogP contribution in [0.1, 0.15) is 25.8 Å². The maximum Gasteiger partial charge on any atom is 0.216 e. The van der Waals surface area contributed by atoms with E-state index in [-0.39, 0.29) is 23.2 Å². The number of hydrogen-bond donors (Lipinski definition) is 1. The Morgan fingerprint density at radius 1 is 1.25 bits per heavy atom. The molecular weight excluding hydrogens is 390 g/mol. The number of carbonyl (C=O) groups is 3. The van der Waals surface area contributed by atoms with E-state index in [1.54, 1.807) is 19.1 Å². The van der Waals surface area contributed by atoms with Crippen molar-refractivity contribution in [3.8, 4) is 0 Å².